The minimum atomic E-state index is -0.270. The standard InChI is InChI=1S/C13H26N2O2/c1-9(2)13(17)11(15-10(3)4)7-5-6-8-12(14)16/h9-11,15H,5-8H2,1-4H3,(H2,14,16)/t11-/m0/s1. The molecule has 0 aliphatic rings. The monoisotopic (exact) mass is 242 g/mol. The van der Waals surface area contributed by atoms with E-state index in [1.807, 2.05) is 27.7 Å². The van der Waals surface area contributed by atoms with Crippen LogP contribution in [0.1, 0.15) is 53.4 Å². The first kappa shape index (κ1) is 16.1. The van der Waals surface area contributed by atoms with Crippen LogP contribution < -0.4 is 11.1 Å². The van der Waals surface area contributed by atoms with E-state index in [-0.39, 0.29) is 23.7 Å². The van der Waals surface area contributed by atoms with Crippen molar-refractivity contribution in [3.8, 4) is 0 Å². The van der Waals surface area contributed by atoms with E-state index < -0.39 is 0 Å². The highest BCUT2D eigenvalue weighted by Gasteiger charge is 2.21. The number of hydrogen-bond acceptors (Lipinski definition) is 3. The van der Waals surface area contributed by atoms with Crippen molar-refractivity contribution in [2.75, 3.05) is 0 Å². The summed E-state index contributed by atoms with van der Waals surface area (Å²) in [7, 11) is 0. The molecule has 0 aromatic rings. The quantitative estimate of drug-likeness (QED) is 0.603. The maximum absolute atomic E-state index is 12.0. The molecule has 0 radical (unpaired) electrons. The zero-order valence-corrected chi connectivity index (χ0v) is 11.5. The molecule has 100 valence electrons. The summed E-state index contributed by atoms with van der Waals surface area (Å²) in [5.74, 6) is 0.0220. The predicted octanol–water partition coefficient (Wildman–Crippen LogP) is 1.62. The highest BCUT2D eigenvalue weighted by molar-refractivity contribution is 5.85. The smallest absolute Gasteiger partial charge is 0.217 e. The Labute approximate surface area is 104 Å². The second kappa shape index (κ2) is 8.23. The van der Waals surface area contributed by atoms with Crippen molar-refractivity contribution in [2.45, 2.75) is 65.5 Å². The molecule has 4 heteroatoms. The molecule has 1 atom stereocenters. The fourth-order valence-electron chi connectivity index (χ4n) is 1.76. The zero-order chi connectivity index (χ0) is 13.4. The fourth-order valence-corrected chi connectivity index (χ4v) is 1.76. The van der Waals surface area contributed by atoms with Gasteiger partial charge in [0.15, 0.2) is 5.78 Å². The fraction of sp³-hybridized carbons (Fsp3) is 0.846. The molecule has 0 saturated carbocycles. The van der Waals surface area contributed by atoms with E-state index in [9.17, 15) is 9.59 Å². The van der Waals surface area contributed by atoms with Crippen molar-refractivity contribution in [1.82, 2.24) is 5.32 Å². The highest BCUT2D eigenvalue weighted by atomic mass is 16.1. The molecule has 0 unspecified atom stereocenters. The molecule has 0 heterocycles. The first-order chi connectivity index (χ1) is 7.84. The van der Waals surface area contributed by atoms with Crippen LogP contribution >= 0.6 is 0 Å². The lowest BCUT2D eigenvalue weighted by Crippen LogP contribution is -2.42. The molecule has 0 aliphatic heterocycles. The normalized spacial score (nSPS) is 13.1. The zero-order valence-electron chi connectivity index (χ0n) is 11.5. The van der Waals surface area contributed by atoms with Crippen molar-refractivity contribution < 1.29 is 9.59 Å². The molecule has 0 fully saturated rings. The molecule has 0 aromatic heterocycles. The highest BCUT2D eigenvalue weighted by Crippen LogP contribution is 2.09. The molecule has 1 amide bonds. The Morgan fingerprint density at radius 2 is 1.71 bits per heavy atom. The number of unbranched alkanes of at least 4 members (excludes halogenated alkanes) is 1. The molecule has 0 rings (SSSR count). The van der Waals surface area contributed by atoms with Gasteiger partial charge in [-0.05, 0) is 12.8 Å². The number of primary amides is 1. The Kier molecular flexibility index (Phi) is 7.79. The average Bonchev–Trinajstić information content (AvgIpc) is 2.20. The van der Waals surface area contributed by atoms with Crippen LogP contribution in [0.5, 0.6) is 0 Å². The summed E-state index contributed by atoms with van der Waals surface area (Å²) in [6.07, 6.45) is 2.80. The predicted molar refractivity (Wildman–Crippen MR) is 69.6 cm³/mol. The summed E-state index contributed by atoms with van der Waals surface area (Å²) in [6.45, 7) is 7.90. The maximum atomic E-state index is 12.0. The van der Waals surface area contributed by atoms with Crippen LogP contribution in [0, 0.1) is 5.92 Å². The van der Waals surface area contributed by atoms with E-state index in [1.54, 1.807) is 0 Å². The van der Waals surface area contributed by atoms with Crippen molar-refractivity contribution >= 4 is 11.7 Å². The lowest BCUT2D eigenvalue weighted by molar-refractivity contribution is -0.124. The van der Waals surface area contributed by atoms with Gasteiger partial charge in [0.05, 0.1) is 6.04 Å². The molecule has 4 nitrogen and oxygen atoms in total. The van der Waals surface area contributed by atoms with Crippen molar-refractivity contribution in [3.05, 3.63) is 0 Å². The number of nitrogens with one attached hydrogen (secondary N) is 1. The third kappa shape index (κ3) is 7.91. The largest absolute Gasteiger partial charge is 0.370 e. The minimum absolute atomic E-state index is 0.0439. The molecule has 17 heavy (non-hydrogen) atoms. The van der Waals surface area contributed by atoms with E-state index in [2.05, 4.69) is 5.32 Å². The van der Waals surface area contributed by atoms with Crippen LogP contribution in [0.3, 0.4) is 0 Å². The molecular formula is C13H26N2O2. The Morgan fingerprint density at radius 3 is 2.12 bits per heavy atom. The Morgan fingerprint density at radius 1 is 1.12 bits per heavy atom. The van der Waals surface area contributed by atoms with Crippen LogP contribution in [-0.2, 0) is 9.59 Å². The summed E-state index contributed by atoms with van der Waals surface area (Å²) in [5.41, 5.74) is 5.08. The molecule has 0 aliphatic carbocycles. The van der Waals surface area contributed by atoms with Crippen molar-refractivity contribution in [1.29, 1.82) is 0 Å². The lowest BCUT2D eigenvalue weighted by atomic mass is 9.96. The Hall–Kier alpha value is -0.900. The first-order valence-electron chi connectivity index (χ1n) is 6.42. The van der Waals surface area contributed by atoms with Gasteiger partial charge in [-0.3, -0.25) is 9.59 Å². The van der Waals surface area contributed by atoms with Crippen LogP contribution in [0.25, 0.3) is 0 Å². The van der Waals surface area contributed by atoms with E-state index in [4.69, 9.17) is 5.73 Å². The van der Waals surface area contributed by atoms with Crippen LogP contribution in [0.2, 0.25) is 0 Å². The van der Waals surface area contributed by atoms with Gasteiger partial charge in [-0.25, -0.2) is 0 Å². The van der Waals surface area contributed by atoms with Crippen LogP contribution in [0.4, 0.5) is 0 Å². The number of hydrogen-bond donors (Lipinski definition) is 2. The average molecular weight is 242 g/mol. The van der Waals surface area contributed by atoms with Crippen molar-refractivity contribution in [3.63, 3.8) is 0 Å². The van der Waals surface area contributed by atoms with E-state index in [0.29, 0.717) is 12.5 Å². The Bertz CT molecular complexity index is 250. The second-order valence-electron chi connectivity index (χ2n) is 5.14. The SMILES string of the molecule is CC(C)N[C@@H](CCCCC(N)=O)C(=O)C(C)C. The van der Waals surface area contributed by atoms with Gasteiger partial charge in [0, 0.05) is 18.4 Å². The van der Waals surface area contributed by atoms with Gasteiger partial charge in [-0.2, -0.15) is 0 Å². The van der Waals surface area contributed by atoms with Crippen molar-refractivity contribution in [2.24, 2.45) is 11.7 Å². The molecule has 0 aromatic carbocycles. The van der Waals surface area contributed by atoms with Gasteiger partial charge in [0.25, 0.3) is 0 Å². The van der Waals surface area contributed by atoms with Gasteiger partial charge in [0.2, 0.25) is 5.91 Å². The Balaban J connectivity index is 4.11. The van der Waals surface area contributed by atoms with Gasteiger partial charge in [-0.1, -0.05) is 34.1 Å². The number of nitrogens with two attached hydrogens (primary N) is 1. The summed E-state index contributed by atoms with van der Waals surface area (Å²) in [5, 5.41) is 3.28. The van der Waals surface area contributed by atoms with Gasteiger partial charge >= 0.3 is 0 Å². The minimum Gasteiger partial charge on any atom is -0.370 e. The molecule has 3 N–H and O–H groups in total. The summed E-state index contributed by atoms with van der Waals surface area (Å²) >= 11 is 0. The van der Waals surface area contributed by atoms with Gasteiger partial charge < -0.3 is 11.1 Å². The number of ketones is 1. The second-order valence-corrected chi connectivity index (χ2v) is 5.14. The third-order valence-electron chi connectivity index (χ3n) is 2.61. The lowest BCUT2D eigenvalue weighted by Gasteiger charge is -2.21. The summed E-state index contributed by atoms with van der Waals surface area (Å²) in [6, 6.07) is 0.196. The number of carbonyl (C=O) groups is 2. The molecule has 0 bridgehead atoms. The number of amides is 1. The molecule has 0 spiro atoms. The maximum Gasteiger partial charge on any atom is 0.217 e. The molecule has 0 saturated heterocycles. The molecular weight excluding hydrogens is 216 g/mol. The summed E-state index contributed by atoms with van der Waals surface area (Å²) < 4.78 is 0. The first-order valence-corrected chi connectivity index (χ1v) is 6.42. The van der Waals surface area contributed by atoms with Gasteiger partial charge in [0.1, 0.15) is 0 Å². The number of carbonyl (C=O) groups excluding carboxylic acids is 2. The third-order valence-corrected chi connectivity index (χ3v) is 2.61. The number of Topliss-reactive ketones (excluding diaryl/α,β-unsaturated/α-hetero) is 1. The van der Waals surface area contributed by atoms with Crippen LogP contribution in [-0.4, -0.2) is 23.8 Å². The summed E-state index contributed by atoms with van der Waals surface area (Å²) in [4.78, 5) is 22.6. The van der Waals surface area contributed by atoms with Crippen LogP contribution in [0.15, 0.2) is 0 Å². The van der Waals surface area contributed by atoms with Gasteiger partial charge in [-0.15, -0.1) is 0 Å². The number of rotatable bonds is 9. The topological polar surface area (TPSA) is 72.2 Å². The van der Waals surface area contributed by atoms with E-state index in [1.165, 1.54) is 0 Å². The van der Waals surface area contributed by atoms with E-state index in [0.717, 1.165) is 19.3 Å². The van der Waals surface area contributed by atoms with E-state index >= 15 is 0 Å².